The summed E-state index contributed by atoms with van der Waals surface area (Å²) in [6.07, 6.45) is 2.32. The van der Waals surface area contributed by atoms with Crippen LogP contribution in [0.2, 0.25) is 0 Å². The number of fused-ring (bicyclic) bond motifs is 1. The van der Waals surface area contributed by atoms with Crippen LogP contribution in [0.3, 0.4) is 0 Å². The van der Waals surface area contributed by atoms with Crippen molar-refractivity contribution in [3.8, 4) is 0 Å². The van der Waals surface area contributed by atoms with E-state index in [0.29, 0.717) is 18.7 Å². The first-order valence-electron chi connectivity index (χ1n) is 7.15. The summed E-state index contributed by atoms with van der Waals surface area (Å²) in [4.78, 5) is 36.6. The number of esters is 3. The van der Waals surface area contributed by atoms with Crippen LogP contribution < -0.4 is 0 Å². The molecule has 0 fully saturated rings. The lowest BCUT2D eigenvalue weighted by molar-refractivity contribution is 0.0490. The Bertz CT molecular complexity index is 616. The van der Waals surface area contributed by atoms with Gasteiger partial charge in [-0.05, 0) is 26.2 Å². The normalized spacial score (nSPS) is 13.2. The van der Waals surface area contributed by atoms with E-state index in [9.17, 15) is 14.4 Å². The molecule has 0 saturated carbocycles. The van der Waals surface area contributed by atoms with Crippen LogP contribution in [0.15, 0.2) is 0 Å². The molecule has 120 valence electrons. The van der Waals surface area contributed by atoms with E-state index in [4.69, 9.17) is 14.2 Å². The Labute approximate surface area is 128 Å². The lowest BCUT2D eigenvalue weighted by Crippen LogP contribution is -2.19. The molecule has 0 bridgehead atoms. The van der Waals surface area contributed by atoms with Crippen LogP contribution in [0.4, 0.5) is 0 Å². The zero-order chi connectivity index (χ0) is 16.3. The molecular weight excluding hydrogens is 290 g/mol. The van der Waals surface area contributed by atoms with Gasteiger partial charge in [-0.15, -0.1) is 0 Å². The molecule has 1 aliphatic heterocycles. The largest absolute Gasteiger partial charge is 0.465 e. The fourth-order valence-corrected chi connectivity index (χ4v) is 2.77. The van der Waals surface area contributed by atoms with E-state index in [1.165, 1.54) is 14.2 Å². The molecule has 1 aromatic heterocycles. The minimum atomic E-state index is -0.745. The molecule has 0 aromatic carbocycles. The van der Waals surface area contributed by atoms with Crippen LogP contribution in [-0.4, -0.2) is 43.3 Å². The molecule has 0 unspecified atom stereocenters. The summed E-state index contributed by atoms with van der Waals surface area (Å²) in [6.45, 7) is 2.40. The molecule has 0 atom stereocenters. The van der Waals surface area contributed by atoms with Crippen molar-refractivity contribution >= 4 is 17.9 Å². The number of rotatable bonds is 4. The monoisotopic (exact) mass is 309 g/mol. The quantitative estimate of drug-likeness (QED) is 0.620. The Balaban J connectivity index is 2.74. The predicted molar refractivity (Wildman–Crippen MR) is 76.0 cm³/mol. The van der Waals surface area contributed by atoms with E-state index in [1.54, 1.807) is 11.5 Å². The molecule has 0 radical (unpaired) electrons. The minimum Gasteiger partial charge on any atom is -0.465 e. The summed E-state index contributed by atoms with van der Waals surface area (Å²) in [5, 5.41) is 0. The van der Waals surface area contributed by atoms with Gasteiger partial charge < -0.3 is 18.8 Å². The molecule has 0 spiro atoms. The molecule has 0 saturated heterocycles. The highest BCUT2D eigenvalue weighted by Gasteiger charge is 2.36. The number of hydrogen-bond donors (Lipinski definition) is 0. The number of aromatic nitrogens is 1. The van der Waals surface area contributed by atoms with E-state index >= 15 is 0 Å². The van der Waals surface area contributed by atoms with Crippen molar-refractivity contribution in [3.05, 3.63) is 22.5 Å². The fourth-order valence-electron chi connectivity index (χ4n) is 2.77. The lowest BCUT2D eigenvalue weighted by Gasteiger charge is -2.17. The Morgan fingerprint density at radius 2 is 1.64 bits per heavy atom. The van der Waals surface area contributed by atoms with E-state index in [1.807, 2.05) is 0 Å². The van der Waals surface area contributed by atoms with Crippen LogP contribution in [0.25, 0.3) is 0 Å². The summed E-state index contributed by atoms with van der Waals surface area (Å²) in [6, 6.07) is 0. The second kappa shape index (κ2) is 6.64. The van der Waals surface area contributed by atoms with Gasteiger partial charge in [0, 0.05) is 12.2 Å². The molecule has 0 N–H and O–H groups in total. The standard InChI is InChI=1S/C15H19NO6/c1-4-22-15(19)12-11(14(18)21-3)10(13(17)20-2)9-7-5-6-8-16(9)12/h4-8H2,1-3H3. The van der Waals surface area contributed by atoms with Gasteiger partial charge in [0.25, 0.3) is 0 Å². The molecule has 2 rings (SSSR count). The van der Waals surface area contributed by atoms with Crippen molar-refractivity contribution in [3.63, 3.8) is 0 Å². The van der Waals surface area contributed by atoms with Crippen LogP contribution in [-0.2, 0) is 27.2 Å². The minimum absolute atomic E-state index is 0.0651. The van der Waals surface area contributed by atoms with Gasteiger partial charge in [0.1, 0.15) is 11.3 Å². The first-order valence-corrected chi connectivity index (χ1v) is 7.15. The Kier molecular flexibility index (Phi) is 4.85. The third-order valence-corrected chi connectivity index (χ3v) is 3.66. The Hall–Kier alpha value is -2.31. The van der Waals surface area contributed by atoms with Gasteiger partial charge in [-0.25, -0.2) is 14.4 Å². The van der Waals surface area contributed by atoms with Crippen LogP contribution >= 0.6 is 0 Å². The summed E-state index contributed by atoms with van der Waals surface area (Å²) < 4.78 is 16.2. The highest BCUT2D eigenvalue weighted by atomic mass is 16.5. The predicted octanol–water partition coefficient (Wildman–Crippen LogP) is 1.57. The highest BCUT2D eigenvalue weighted by molar-refractivity contribution is 6.11. The third kappa shape index (κ3) is 2.58. The maximum Gasteiger partial charge on any atom is 0.355 e. The fraction of sp³-hybridized carbons (Fsp3) is 0.533. The van der Waals surface area contributed by atoms with Gasteiger partial charge in [-0.1, -0.05) is 0 Å². The number of hydrogen-bond acceptors (Lipinski definition) is 6. The highest BCUT2D eigenvalue weighted by Crippen LogP contribution is 2.30. The molecule has 22 heavy (non-hydrogen) atoms. The van der Waals surface area contributed by atoms with E-state index < -0.39 is 17.9 Å². The van der Waals surface area contributed by atoms with Crippen molar-refractivity contribution in [2.45, 2.75) is 32.7 Å². The molecule has 1 aliphatic rings. The van der Waals surface area contributed by atoms with Gasteiger partial charge in [-0.3, -0.25) is 0 Å². The van der Waals surface area contributed by atoms with Gasteiger partial charge >= 0.3 is 17.9 Å². The van der Waals surface area contributed by atoms with Gasteiger partial charge in [0.15, 0.2) is 0 Å². The van der Waals surface area contributed by atoms with Crippen molar-refractivity contribution in [2.75, 3.05) is 20.8 Å². The maximum atomic E-state index is 12.3. The van der Waals surface area contributed by atoms with Crippen LogP contribution in [0.1, 0.15) is 56.7 Å². The van der Waals surface area contributed by atoms with Crippen molar-refractivity contribution in [1.29, 1.82) is 0 Å². The van der Waals surface area contributed by atoms with Crippen molar-refractivity contribution in [1.82, 2.24) is 4.57 Å². The summed E-state index contributed by atoms with van der Waals surface area (Å²) in [7, 11) is 2.44. The number of ether oxygens (including phenoxy) is 3. The number of methoxy groups -OCH3 is 2. The molecule has 2 heterocycles. The van der Waals surface area contributed by atoms with Crippen LogP contribution in [0.5, 0.6) is 0 Å². The van der Waals surface area contributed by atoms with Crippen LogP contribution in [0, 0.1) is 0 Å². The topological polar surface area (TPSA) is 83.8 Å². The molecule has 7 heteroatoms. The smallest absolute Gasteiger partial charge is 0.355 e. The Morgan fingerprint density at radius 1 is 1.00 bits per heavy atom. The summed E-state index contributed by atoms with van der Waals surface area (Å²) >= 11 is 0. The summed E-state index contributed by atoms with van der Waals surface area (Å²) in [5.41, 5.74) is 0.743. The second-order valence-electron chi connectivity index (χ2n) is 4.86. The maximum absolute atomic E-state index is 12.3. The zero-order valence-corrected chi connectivity index (χ0v) is 12.9. The average molecular weight is 309 g/mol. The lowest BCUT2D eigenvalue weighted by atomic mass is 10.0. The van der Waals surface area contributed by atoms with Gasteiger partial charge in [-0.2, -0.15) is 0 Å². The summed E-state index contributed by atoms with van der Waals surface area (Å²) in [5.74, 6) is -2.03. The molecular formula is C15H19NO6. The van der Waals surface area contributed by atoms with Gasteiger partial charge in [0.2, 0.25) is 0 Å². The Morgan fingerprint density at radius 3 is 2.23 bits per heavy atom. The molecule has 0 aliphatic carbocycles. The molecule has 1 aromatic rings. The third-order valence-electron chi connectivity index (χ3n) is 3.66. The molecule has 7 nitrogen and oxygen atoms in total. The number of carbonyl (C=O) groups is 3. The second-order valence-corrected chi connectivity index (χ2v) is 4.86. The van der Waals surface area contributed by atoms with Crippen molar-refractivity contribution < 1.29 is 28.6 Å². The van der Waals surface area contributed by atoms with Gasteiger partial charge in [0.05, 0.1) is 26.4 Å². The average Bonchev–Trinajstić information content (AvgIpc) is 2.88. The number of carbonyl (C=O) groups excluding carboxylic acids is 3. The van der Waals surface area contributed by atoms with E-state index in [2.05, 4.69) is 0 Å². The number of nitrogens with zero attached hydrogens (tertiary/aromatic N) is 1. The molecule has 0 amide bonds. The first kappa shape index (κ1) is 16.1. The van der Waals surface area contributed by atoms with E-state index in [0.717, 1.165) is 12.8 Å². The first-order chi connectivity index (χ1) is 10.6. The zero-order valence-electron chi connectivity index (χ0n) is 12.9. The van der Waals surface area contributed by atoms with Crippen molar-refractivity contribution in [2.24, 2.45) is 0 Å². The SMILES string of the molecule is CCOC(=O)c1c(C(=O)OC)c(C(=O)OC)c2n1CCCC2. The van der Waals surface area contributed by atoms with E-state index in [-0.39, 0.29) is 23.4 Å².